The topological polar surface area (TPSA) is 53.4 Å². The van der Waals surface area contributed by atoms with Crippen LogP contribution < -0.4 is 4.90 Å². The zero-order chi connectivity index (χ0) is 11.7. The number of thiazole rings is 1. The van der Waals surface area contributed by atoms with Crippen LogP contribution in [-0.4, -0.2) is 28.6 Å². The van der Waals surface area contributed by atoms with Crippen LogP contribution in [0, 0.1) is 5.92 Å². The molecule has 2 heterocycles. The van der Waals surface area contributed by atoms with Gasteiger partial charge in [-0.1, -0.05) is 0 Å². The van der Waals surface area contributed by atoms with Gasteiger partial charge in [0, 0.05) is 18.0 Å². The number of hydrogen-bond donors (Lipinski definition) is 1. The van der Waals surface area contributed by atoms with Gasteiger partial charge < -0.3 is 10.0 Å². The number of nitrogens with zero attached hydrogens (tertiary/aromatic N) is 2. The molecule has 1 saturated heterocycles. The van der Waals surface area contributed by atoms with Crippen LogP contribution in [0.2, 0.25) is 0 Å². The molecule has 1 aliphatic heterocycles. The zero-order valence-corrected chi connectivity index (χ0v) is 11.3. The van der Waals surface area contributed by atoms with Crippen LogP contribution in [0.5, 0.6) is 0 Å². The van der Waals surface area contributed by atoms with E-state index in [0.717, 1.165) is 16.3 Å². The van der Waals surface area contributed by atoms with Gasteiger partial charge in [-0.2, -0.15) is 0 Å². The van der Waals surface area contributed by atoms with Crippen molar-refractivity contribution in [1.29, 1.82) is 0 Å². The molecular weight excluding hydrogens is 292 g/mol. The highest BCUT2D eigenvalue weighted by atomic mass is 79.9. The van der Waals surface area contributed by atoms with Crippen molar-refractivity contribution >= 4 is 38.4 Å². The number of carboxylic acid groups (broad SMARTS) is 1. The van der Waals surface area contributed by atoms with Gasteiger partial charge in [0.2, 0.25) is 0 Å². The second kappa shape index (κ2) is 4.71. The van der Waals surface area contributed by atoms with Crippen molar-refractivity contribution in [2.75, 3.05) is 11.4 Å². The van der Waals surface area contributed by atoms with Crippen molar-refractivity contribution in [3.63, 3.8) is 0 Å². The molecule has 0 saturated carbocycles. The highest BCUT2D eigenvalue weighted by molar-refractivity contribution is 9.10. The number of carbonyl (C=O) groups is 1. The largest absolute Gasteiger partial charge is 0.481 e. The van der Waals surface area contributed by atoms with Crippen LogP contribution in [-0.2, 0) is 4.79 Å². The van der Waals surface area contributed by atoms with Crippen LogP contribution in [0.4, 0.5) is 5.13 Å². The molecular formula is C10H13BrN2O2S. The third kappa shape index (κ3) is 2.38. The average Bonchev–Trinajstić information content (AvgIpc) is 2.64. The van der Waals surface area contributed by atoms with Gasteiger partial charge >= 0.3 is 5.97 Å². The van der Waals surface area contributed by atoms with Gasteiger partial charge in [0.1, 0.15) is 4.60 Å². The summed E-state index contributed by atoms with van der Waals surface area (Å²) in [7, 11) is 0. The molecule has 1 aliphatic rings. The maximum absolute atomic E-state index is 10.9. The van der Waals surface area contributed by atoms with E-state index < -0.39 is 5.97 Å². The monoisotopic (exact) mass is 304 g/mol. The number of hydrogen-bond acceptors (Lipinski definition) is 4. The van der Waals surface area contributed by atoms with Crippen molar-refractivity contribution in [1.82, 2.24) is 4.98 Å². The first kappa shape index (κ1) is 11.9. The fourth-order valence-electron chi connectivity index (χ4n) is 2.06. The Morgan fingerprint density at radius 2 is 2.50 bits per heavy atom. The molecule has 88 valence electrons. The third-order valence-electron chi connectivity index (χ3n) is 2.94. The lowest BCUT2D eigenvalue weighted by Crippen LogP contribution is -2.42. The minimum atomic E-state index is -0.674. The normalized spacial score (nSPS) is 25.8. The smallest absolute Gasteiger partial charge is 0.306 e. The van der Waals surface area contributed by atoms with E-state index >= 15 is 0 Å². The van der Waals surface area contributed by atoms with E-state index in [-0.39, 0.29) is 12.0 Å². The van der Waals surface area contributed by atoms with Crippen LogP contribution in [0.15, 0.2) is 9.98 Å². The lowest BCUT2D eigenvalue weighted by Gasteiger charge is -2.35. The molecule has 0 amide bonds. The molecule has 1 aromatic heterocycles. The number of aliphatic carboxylic acids is 1. The zero-order valence-electron chi connectivity index (χ0n) is 8.89. The number of halogens is 1. The summed E-state index contributed by atoms with van der Waals surface area (Å²) in [5, 5.41) is 11.9. The van der Waals surface area contributed by atoms with Gasteiger partial charge in [0.05, 0.1) is 5.92 Å². The van der Waals surface area contributed by atoms with E-state index in [9.17, 15) is 4.79 Å². The van der Waals surface area contributed by atoms with Crippen molar-refractivity contribution in [2.24, 2.45) is 5.92 Å². The first-order valence-corrected chi connectivity index (χ1v) is 6.85. The summed E-state index contributed by atoms with van der Waals surface area (Å²) in [5.74, 6) is -0.874. The predicted octanol–water partition coefficient (Wildman–Crippen LogP) is 2.60. The first-order valence-electron chi connectivity index (χ1n) is 5.18. The molecule has 2 rings (SSSR count). The van der Waals surface area contributed by atoms with E-state index in [2.05, 4.69) is 32.7 Å². The van der Waals surface area contributed by atoms with Crippen molar-refractivity contribution in [3.8, 4) is 0 Å². The van der Waals surface area contributed by atoms with Crippen molar-refractivity contribution < 1.29 is 9.90 Å². The van der Waals surface area contributed by atoms with Gasteiger partial charge in [-0.05, 0) is 35.7 Å². The third-order valence-corrected chi connectivity index (χ3v) is 4.52. The van der Waals surface area contributed by atoms with E-state index in [4.69, 9.17) is 5.11 Å². The lowest BCUT2D eigenvalue weighted by atomic mass is 9.92. The van der Waals surface area contributed by atoms with Crippen LogP contribution >= 0.6 is 27.3 Å². The number of carboxylic acids is 1. The van der Waals surface area contributed by atoms with Gasteiger partial charge in [0.25, 0.3) is 0 Å². The predicted molar refractivity (Wildman–Crippen MR) is 67.0 cm³/mol. The summed E-state index contributed by atoms with van der Waals surface area (Å²) in [6.45, 7) is 2.84. The molecule has 0 aliphatic carbocycles. The number of rotatable bonds is 2. The quantitative estimate of drug-likeness (QED) is 0.912. The number of anilines is 1. The van der Waals surface area contributed by atoms with Gasteiger partial charge in [-0.3, -0.25) is 4.79 Å². The van der Waals surface area contributed by atoms with E-state index in [1.54, 1.807) is 11.3 Å². The molecule has 1 fully saturated rings. The molecule has 1 N–H and O–H groups in total. The fraction of sp³-hybridized carbons (Fsp3) is 0.600. The molecule has 6 heteroatoms. The highest BCUT2D eigenvalue weighted by Crippen LogP contribution is 2.31. The van der Waals surface area contributed by atoms with E-state index in [1.165, 1.54) is 0 Å². The minimum absolute atomic E-state index is 0.199. The molecule has 1 aromatic rings. The summed E-state index contributed by atoms with van der Waals surface area (Å²) in [5.41, 5.74) is 0. The van der Waals surface area contributed by atoms with Crippen LogP contribution in [0.3, 0.4) is 0 Å². The molecule has 0 spiro atoms. The fourth-order valence-corrected chi connectivity index (χ4v) is 3.44. The van der Waals surface area contributed by atoms with Crippen LogP contribution in [0.25, 0.3) is 0 Å². The summed E-state index contributed by atoms with van der Waals surface area (Å²) < 4.78 is 0.847. The Bertz CT molecular complexity index is 396. The summed E-state index contributed by atoms with van der Waals surface area (Å²) in [4.78, 5) is 17.5. The highest BCUT2D eigenvalue weighted by Gasteiger charge is 2.30. The maximum atomic E-state index is 10.9. The van der Waals surface area contributed by atoms with E-state index in [1.807, 2.05) is 5.38 Å². The standard InChI is InChI=1S/C10H13BrN2O2S/c1-6-4-7(9(14)15)2-3-13(6)10-12-8(11)5-16-10/h5-7H,2-4H2,1H3,(H,14,15). The van der Waals surface area contributed by atoms with E-state index in [0.29, 0.717) is 12.8 Å². The Morgan fingerprint density at radius 3 is 3.00 bits per heavy atom. The second-order valence-electron chi connectivity index (χ2n) is 4.05. The van der Waals surface area contributed by atoms with Crippen molar-refractivity contribution in [2.45, 2.75) is 25.8 Å². The Kier molecular flexibility index (Phi) is 3.49. The SMILES string of the molecule is CC1CC(C(=O)O)CCN1c1nc(Br)cs1. The Balaban J connectivity index is 2.07. The summed E-state index contributed by atoms with van der Waals surface area (Å²) in [6.07, 6.45) is 1.41. The Labute approximate surface area is 106 Å². The molecule has 16 heavy (non-hydrogen) atoms. The summed E-state index contributed by atoms with van der Waals surface area (Å²) >= 11 is 4.92. The van der Waals surface area contributed by atoms with Gasteiger partial charge in [-0.15, -0.1) is 11.3 Å². The molecule has 2 unspecified atom stereocenters. The van der Waals surface area contributed by atoms with Gasteiger partial charge in [0.15, 0.2) is 5.13 Å². The average molecular weight is 305 g/mol. The number of aromatic nitrogens is 1. The second-order valence-corrected chi connectivity index (χ2v) is 5.70. The molecule has 0 bridgehead atoms. The molecule has 2 atom stereocenters. The van der Waals surface area contributed by atoms with Crippen molar-refractivity contribution in [3.05, 3.63) is 9.98 Å². The molecule has 0 aromatic carbocycles. The van der Waals surface area contributed by atoms with Gasteiger partial charge in [-0.25, -0.2) is 4.98 Å². The Hall–Kier alpha value is -0.620. The molecule has 4 nitrogen and oxygen atoms in total. The van der Waals surface area contributed by atoms with Crippen LogP contribution in [0.1, 0.15) is 19.8 Å². The maximum Gasteiger partial charge on any atom is 0.306 e. The first-order chi connectivity index (χ1) is 7.58. The molecule has 0 radical (unpaired) electrons. The Morgan fingerprint density at radius 1 is 1.75 bits per heavy atom. The summed E-state index contributed by atoms with van der Waals surface area (Å²) in [6, 6.07) is 0.243. The minimum Gasteiger partial charge on any atom is -0.481 e. The number of piperidine rings is 1. The lowest BCUT2D eigenvalue weighted by molar-refractivity contribution is -0.142.